The molecule has 8 heteroatoms. The van der Waals surface area contributed by atoms with E-state index in [1.807, 2.05) is 12.1 Å². The predicted octanol–water partition coefficient (Wildman–Crippen LogP) is 1.76. The molecular formula is C18H17NO6S. The molecule has 26 heavy (non-hydrogen) atoms. The van der Waals surface area contributed by atoms with Crippen molar-refractivity contribution >= 4 is 10.0 Å². The lowest BCUT2D eigenvalue weighted by atomic mass is 10.1. The van der Waals surface area contributed by atoms with Crippen LogP contribution in [-0.4, -0.2) is 28.4 Å². The minimum atomic E-state index is -3.75. The Labute approximate surface area is 150 Å². The fourth-order valence-corrected chi connectivity index (χ4v) is 4.99. The van der Waals surface area contributed by atoms with Gasteiger partial charge >= 0.3 is 0 Å². The summed E-state index contributed by atoms with van der Waals surface area (Å²) in [6.07, 6.45) is 1.25. The third-order valence-corrected chi connectivity index (χ3v) is 6.27. The monoisotopic (exact) mass is 375 g/mol. The topological polar surface area (TPSA) is 83.1 Å². The Kier molecular flexibility index (Phi) is 3.51. The summed E-state index contributed by atoms with van der Waals surface area (Å²) in [5.41, 5.74) is 2.37. The summed E-state index contributed by atoms with van der Waals surface area (Å²) >= 11 is 0. The van der Waals surface area contributed by atoms with Crippen LogP contribution in [0.25, 0.3) is 0 Å². The molecule has 1 N–H and O–H groups in total. The van der Waals surface area contributed by atoms with Crippen molar-refractivity contribution in [2.75, 3.05) is 20.0 Å². The van der Waals surface area contributed by atoms with Gasteiger partial charge in [0.2, 0.25) is 16.8 Å². The molecule has 0 spiro atoms. The zero-order chi connectivity index (χ0) is 17.7. The van der Waals surface area contributed by atoms with Crippen LogP contribution in [0, 0.1) is 0 Å². The van der Waals surface area contributed by atoms with Gasteiger partial charge in [-0.2, -0.15) is 0 Å². The largest absolute Gasteiger partial charge is 0.493 e. The Morgan fingerprint density at radius 2 is 1.77 bits per heavy atom. The molecule has 2 aromatic rings. The second-order valence-corrected chi connectivity index (χ2v) is 8.08. The molecule has 7 nitrogen and oxygen atoms in total. The zero-order valence-electron chi connectivity index (χ0n) is 13.9. The third-order valence-electron chi connectivity index (χ3n) is 4.77. The highest BCUT2D eigenvalue weighted by molar-refractivity contribution is 7.89. The number of sulfonamides is 1. The fraction of sp³-hybridized carbons (Fsp3) is 0.333. The Hall–Kier alpha value is -2.45. The molecule has 0 atom stereocenters. The maximum Gasteiger partial charge on any atom is 0.244 e. The Balaban J connectivity index is 1.47. The van der Waals surface area contributed by atoms with Crippen LogP contribution < -0.4 is 23.7 Å². The summed E-state index contributed by atoms with van der Waals surface area (Å²) < 4.78 is 50.7. The van der Waals surface area contributed by atoms with Crippen LogP contribution in [-0.2, 0) is 29.4 Å². The van der Waals surface area contributed by atoms with Gasteiger partial charge in [-0.05, 0) is 23.8 Å². The molecule has 5 rings (SSSR count). The molecule has 3 aliphatic heterocycles. The van der Waals surface area contributed by atoms with E-state index in [2.05, 4.69) is 4.72 Å². The number of nitrogens with one attached hydrogen (secondary N) is 1. The molecule has 0 fully saturated rings. The normalized spacial score (nSPS) is 16.8. The van der Waals surface area contributed by atoms with Crippen molar-refractivity contribution in [2.45, 2.75) is 24.3 Å². The first-order valence-electron chi connectivity index (χ1n) is 8.44. The van der Waals surface area contributed by atoms with Crippen LogP contribution in [0.2, 0.25) is 0 Å². The molecule has 3 aliphatic rings. The Morgan fingerprint density at radius 1 is 0.923 bits per heavy atom. The summed E-state index contributed by atoms with van der Waals surface area (Å²) in [6, 6.07) is 7.28. The van der Waals surface area contributed by atoms with Gasteiger partial charge < -0.3 is 18.9 Å². The van der Waals surface area contributed by atoms with Crippen molar-refractivity contribution in [1.29, 1.82) is 0 Å². The van der Waals surface area contributed by atoms with Crippen LogP contribution >= 0.6 is 0 Å². The van der Waals surface area contributed by atoms with Gasteiger partial charge in [-0.15, -0.1) is 0 Å². The molecule has 0 unspecified atom stereocenters. The molecule has 0 amide bonds. The molecule has 136 valence electrons. The molecule has 0 aliphatic carbocycles. The second kappa shape index (κ2) is 5.78. The van der Waals surface area contributed by atoms with E-state index >= 15 is 0 Å². The van der Waals surface area contributed by atoms with Gasteiger partial charge in [0.1, 0.15) is 16.4 Å². The van der Waals surface area contributed by atoms with Gasteiger partial charge in [-0.1, -0.05) is 6.07 Å². The average Bonchev–Trinajstić information content (AvgIpc) is 3.36. The summed E-state index contributed by atoms with van der Waals surface area (Å²) in [5, 5.41) is 0. The molecule has 0 saturated heterocycles. The van der Waals surface area contributed by atoms with E-state index in [-0.39, 0.29) is 18.2 Å². The van der Waals surface area contributed by atoms with Crippen molar-refractivity contribution in [3.63, 3.8) is 0 Å². The summed E-state index contributed by atoms with van der Waals surface area (Å²) in [7, 11) is -3.75. The minimum absolute atomic E-state index is 0.151. The van der Waals surface area contributed by atoms with Crippen LogP contribution in [0.1, 0.15) is 16.7 Å². The number of hydrogen-bond acceptors (Lipinski definition) is 6. The minimum Gasteiger partial charge on any atom is -0.493 e. The van der Waals surface area contributed by atoms with E-state index in [0.29, 0.717) is 54.6 Å². The van der Waals surface area contributed by atoms with Gasteiger partial charge in [0, 0.05) is 30.5 Å². The lowest BCUT2D eigenvalue weighted by Crippen LogP contribution is -2.24. The van der Waals surface area contributed by atoms with E-state index < -0.39 is 10.0 Å². The molecule has 2 aromatic carbocycles. The van der Waals surface area contributed by atoms with Crippen molar-refractivity contribution in [3.05, 3.63) is 41.0 Å². The molecule has 3 heterocycles. The number of fused-ring (bicyclic) bond motifs is 3. The van der Waals surface area contributed by atoms with Crippen molar-refractivity contribution in [1.82, 2.24) is 4.72 Å². The summed E-state index contributed by atoms with van der Waals surface area (Å²) in [6.45, 7) is 1.31. The summed E-state index contributed by atoms with van der Waals surface area (Å²) in [5.74, 6) is 2.41. The van der Waals surface area contributed by atoms with Gasteiger partial charge in [0.15, 0.2) is 11.5 Å². The lowest BCUT2D eigenvalue weighted by molar-refractivity contribution is 0.174. The summed E-state index contributed by atoms with van der Waals surface area (Å²) in [4.78, 5) is 0.223. The first kappa shape index (κ1) is 15.8. The molecule has 0 bridgehead atoms. The quantitative estimate of drug-likeness (QED) is 0.877. The maximum atomic E-state index is 13.1. The number of rotatable bonds is 4. The third kappa shape index (κ3) is 2.48. The van der Waals surface area contributed by atoms with E-state index in [1.165, 1.54) is 0 Å². The van der Waals surface area contributed by atoms with E-state index in [1.54, 1.807) is 12.1 Å². The van der Waals surface area contributed by atoms with E-state index in [4.69, 9.17) is 18.9 Å². The SMILES string of the molecule is O=S(=O)(NCc1ccc2c(c1)OCO2)c1c2c(cc3c1OCC3)OCC2. The highest BCUT2D eigenvalue weighted by Gasteiger charge is 2.33. The van der Waals surface area contributed by atoms with Crippen molar-refractivity contribution in [2.24, 2.45) is 0 Å². The number of hydrogen-bond donors (Lipinski definition) is 1. The highest BCUT2D eigenvalue weighted by Crippen LogP contribution is 2.43. The predicted molar refractivity (Wildman–Crippen MR) is 91.4 cm³/mol. The van der Waals surface area contributed by atoms with Crippen molar-refractivity contribution < 1.29 is 27.4 Å². The van der Waals surface area contributed by atoms with Crippen LogP contribution in [0.3, 0.4) is 0 Å². The van der Waals surface area contributed by atoms with Crippen LogP contribution in [0.15, 0.2) is 29.2 Å². The molecular weight excluding hydrogens is 358 g/mol. The van der Waals surface area contributed by atoms with Gasteiger partial charge in [-0.3, -0.25) is 0 Å². The van der Waals surface area contributed by atoms with Crippen molar-refractivity contribution in [3.8, 4) is 23.0 Å². The smallest absolute Gasteiger partial charge is 0.244 e. The number of benzene rings is 2. The Bertz CT molecular complexity index is 969. The van der Waals surface area contributed by atoms with Crippen LogP contribution in [0.5, 0.6) is 23.0 Å². The van der Waals surface area contributed by atoms with Gasteiger partial charge in [0.25, 0.3) is 0 Å². The van der Waals surface area contributed by atoms with Gasteiger partial charge in [-0.25, -0.2) is 13.1 Å². The van der Waals surface area contributed by atoms with E-state index in [0.717, 1.165) is 11.1 Å². The Morgan fingerprint density at radius 3 is 2.69 bits per heavy atom. The average molecular weight is 375 g/mol. The fourth-order valence-electron chi connectivity index (χ4n) is 3.53. The molecule has 0 aromatic heterocycles. The second-order valence-electron chi connectivity index (χ2n) is 6.38. The zero-order valence-corrected chi connectivity index (χ0v) is 14.7. The maximum absolute atomic E-state index is 13.1. The highest BCUT2D eigenvalue weighted by atomic mass is 32.2. The first-order valence-corrected chi connectivity index (χ1v) is 9.93. The van der Waals surface area contributed by atoms with Crippen LogP contribution in [0.4, 0.5) is 0 Å². The first-order chi connectivity index (χ1) is 12.6. The molecule has 0 radical (unpaired) electrons. The van der Waals surface area contributed by atoms with E-state index in [9.17, 15) is 8.42 Å². The van der Waals surface area contributed by atoms with Gasteiger partial charge in [0.05, 0.1) is 13.2 Å². The standard InChI is InChI=1S/C18H17NO6S/c20-26(21,19-9-11-1-2-14-16(7-11)25-10-24-14)18-13-4-6-22-15(13)8-12-3-5-23-17(12)18/h1-2,7-8,19H,3-6,9-10H2. The lowest BCUT2D eigenvalue weighted by Gasteiger charge is -2.14. The molecule has 0 saturated carbocycles. The number of ether oxygens (including phenoxy) is 4.